The number of nitrogens with zero attached hydrogens (tertiary/aromatic N) is 3. The quantitative estimate of drug-likeness (QED) is 0.838. The lowest BCUT2D eigenvalue weighted by atomic mass is 10.1. The number of hydrogen-bond acceptors (Lipinski definition) is 5. The van der Waals surface area contributed by atoms with Gasteiger partial charge in [0.05, 0.1) is 44.0 Å². The maximum atomic E-state index is 12.7. The average Bonchev–Trinajstić information content (AvgIpc) is 3.21. The summed E-state index contributed by atoms with van der Waals surface area (Å²) < 4.78 is 13.5. The van der Waals surface area contributed by atoms with Crippen LogP contribution in [0, 0.1) is 0 Å². The molecule has 2 aliphatic rings. The molecule has 8 heteroatoms. The van der Waals surface area contributed by atoms with E-state index >= 15 is 0 Å². The molecule has 2 aromatic heterocycles. The molecular weight excluding hydrogens is 376 g/mol. The van der Waals surface area contributed by atoms with Gasteiger partial charge in [0.2, 0.25) is 5.82 Å². The van der Waals surface area contributed by atoms with Gasteiger partial charge < -0.3 is 14.8 Å². The van der Waals surface area contributed by atoms with Gasteiger partial charge in [0, 0.05) is 19.3 Å². The van der Waals surface area contributed by atoms with E-state index in [2.05, 4.69) is 31.1 Å². The second kappa shape index (κ2) is 6.79. The van der Waals surface area contributed by atoms with Gasteiger partial charge in [-0.3, -0.25) is 14.1 Å². The normalized spacial score (nSPS) is 25.2. The van der Waals surface area contributed by atoms with Gasteiger partial charge in [0.15, 0.2) is 0 Å². The van der Waals surface area contributed by atoms with Gasteiger partial charge in [-0.15, -0.1) is 0 Å². The molecule has 0 aliphatic carbocycles. The summed E-state index contributed by atoms with van der Waals surface area (Å²) in [4.78, 5) is 19.4. The number of aromatic nitrogens is 2. The molecular formula is C16H19BrN4O3. The minimum atomic E-state index is -0.185. The molecule has 1 amide bonds. The maximum Gasteiger partial charge on any atom is 0.288 e. The van der Waals surface area contributed by atoms with Crippen molar-refractivity contribution in [2.75, 3.05) is 39.5 Å². The molecule has 128 valence electrons. The molecule has 2 aromatic rings. The minimum Gasteiger partial charge on any atom is -0.379 e. The van der Waals surface area contributed by atoms with Crippen molar-refractivity contribution in [2.24, 2.45) is 0 Å². The SMILES string of the molecule is O=C(N[C@@H]1COC[C@H]1N1CCOCC1)c1nc(Br)c2ccccn12. The lowest BCUT2D eigenvalue weighted by Crippen LogP contribution is -2.54. The number of carbonyl (C=O) groups is 1. The Morgan fingerprint density at radius 1 is 1.25 bits per heavy atom. The highest BCUT2D eigenvalue weighted by Gasteiger charge is 2.35. The number of carbonyl (C=O) groups excluding carboxylic acids is 1. The Kier molecular flexibility index (Phi) is 4.53. The van der Waals surface area contributed by atoms with Gasteiger partial charge in [-0.1, -0.05) is 6.07 Å². The molecule has 7 nitrogen and oxygen atoms in total. The Hall–Kier alpha value is -1.48. The van der Waals surface area contributed by atoms with E-state index in [1.54, 1.807) is 4.40 Å². The average molecular weight is 395 g/mol. The summed E-state index contributed by atoms with van der Waals surface area (Å²) in [5.41, 5.74) is 0.870. The zero-order valence-corrected chi connectivity index (χ0v) is 14.7. The van der Waals surface area contributed by atoms with Crippen molar-refractivity contribution in [1.29, 1.82) is 0 Å². The molecule has 2 saturated heterocycles. The molecule has 2 fully saturated rings. The first-order valence-corrected chi connectivity index (χ1v) is 8.86. The molecule has 0 spiro atoms. The highest BCUT2D eigenvalue weighted by molar-refractivity contribution is 9.10. The van der Waals surface area contributed by atoms with Crippen molar-refractivity contribution in [3.8, 4) is 0 Å². The third-order valence-electron chi connectivity index (χ3n) is 4.59. The first kappa shape index (κ1) is 16.0. The molecule has 0 saturated carbocycles. The highest BCUT2D eigenvalue weighted by atomic mass is 79.9. The van der Waals surface area contributed by atoms with Gasteiger partial charge in [0.25, 0.3) is 5.91 Å². The number of imidazole rings is 1. The third kappa shape index (κ3) is 2.95. The number of nitrogens with one attached hydrogen (secondary N) is 1. The molecule has 0 radical (unpaired) electrons. The van der Waals surface area contributed by atoms with Crippen LogP contribution in [0.15, 0.2) is 29.0 Å². The largest absolute Gasteiger partial charge is 0.379 e. The number of hydrogen-bond donors (Lipinski definition) is 1. The highest BCUT2D eigenvalue weighted by Crippen LogP contribution is 2.20. The van der Waals surface area contributed by atoms with Crippen molar-refractivity contribution in [3.63, 3.8) is 0 Å². The van der Waals surface area contributed by atoms with Crippen LogP contribution in [0.4, 0.5) is 0 Å². The fourth-order valence-corrected chi connectivity index (χ4v) is 3.83. The molecule has 4 heterocycles. The second-order valence-electron chi connectivity index (χ2n) is 6.02. The Morgan fingerprint density at radius 3 is 2.92 bits per heavy atom. The van der Waals surface area contributed by atoms with Gasteiger partial charge in [-0.2, -0.15) is 0 Å². The van der Waals surface area contributed by atoms with E-state index in [1.165, 1.54) is 0 Å². The van der Waals surface area contributed by atoms with Crippen LogP contribution in [-0.2, 0) is 9.47 Å². The summed E-state index contributed by atoms with van der Waals surface area (Å²) >= 11 is 3.41. The lowest BCUT2D eigenvalue weighted by molar-refractivity contribution is 0.0108. The van der Waals surface area contributed by atoms with E-state index in [9.17, 15) is 4.79 Å². The number of ether oxygens (including phenoxy) is 2. The van der Waals surface area contributed by atoms with Gasteiger partial charge in [0.1, 0.15) is 4.60 Å². The smallest absolute Gasteiger partial charge is 0.288 e. The molecule has 4 rings (SSSR count). The fraction of sp³-hybridized carbons (Fsp3) is 0.500. The summed E-state index contributed by atoms with van der Waals surface area (Å²) in [5.74, 6) is 0.195. The van der Waals surface area contributed by atoms with Crippen LogP contribution < -0.4 is 5.32 Å². The van der Waals surface area contributed by atoms with E-state index in [4.69, 9.17) is 9.47 Å². The van der Waals surface area contributed by atoms with E-state index in [0.717, 1.165) is 31.8 Å². The van der Waals surface area contributed by atoms with Crippen LogP contribution in [0.2, 0.25) is 0 Å². The summed E-state index contributed by atoms with van der Waals surface area (Å²) in [6.07, 6.45) is 1.84. The van der Waals surface area contributed by atoms with Crippen molar-refractivity contribution < 1.29 is 14.3 Å². The number of pyridine rings is 1. The fourth-order valence-electron chi connectivity index (χ4n) is 3.34. The molecule has 0 unspecified atom stereocenters. The van der Waals surface area contributed by atoms with E-state index in [0.29, 0.717) is 23.6 Å². The zero-order chi connectivity index (χ0) is 16.5. The van der Waals surface area contributed by atoms with Crippen molar-refractivity contribution in [3.05, 3.63) is 34.8 Å². The van der Waals surface area contributed by atoms with E-state index in [1.807, 2.05) is 24.4 Å². The van der Waals surface area contributed by atoms with Crippen LogP contribution in [0.1, 0.15) is 10.6 Å². The summed E-state index contributed by atoms with van der Waals surface area (Å²) in [6.45, 7) is 4.37. The number of amides is 1. The first-order chi connectivity index (χ1) is 11.7. The maximum absolute atomic E-state index is 12.7. The molecule has 2 aliphatic heterocycles. The van der Waals surface area contributed by atoms with Crippen LogP contribution in [0.25, 0.3) is 5.52 Å². The Labute approximate surface area is 148 Å². The van der Waals surface area contributed by atoms with Crippen LogP contribution >= 0.6 is 15.9 Å². The topological polar surface area (TPSA) is 68.1 Å². The van der Waals surface area contributed by atoms with Crippen LogP contribution in [0.3, 0.4) is 0 Å². The standard InChI is InChI=1S/C16H19BrN4O3/c17-14-12-3-1-2-4-21(12)15(19-14)16(22)18-11-9-24-10-13(11)20-5-7-23-8-6-20/h1-4,11,13H,5-10H2,(H,18,22)/t11-,13-/m1/s1. The van der Waals surface area contributed by atoms with E-state index < -0.39 is 0 Å². The Balaban J connectivity index is 1.52. The molecule has 0 aromatic carbocycles. The lowest BCUT2D eigenvalue weighted by Gasteiger charge is -2.34. The number of rotatable bonds is 3. The Morgan fingerprint density at radius 2 is 2.08 bits per heavy atom. The van der Waals surface area contributed by atoms with Crippen LogP contribution in [0.5, 0.6) is 0 Å². The minimum absolute atomic E-state index is 0.0366. The zero-order valence-electron chi connectivity index (χ0n) is 13.2. The number of morpholine rings is 1. The third-order valence-corrected chi connectivity index (χ3v) is 5.17. The first-order valence-electron chi connectivity index (χ1n) is 8.07. The van der Waals surface area contributed by atoms with Crippen molar-refractivity contribution in [2.45, 2.75) is 12.1 Å². The monoisotopic (exact) mass is 394 g/mol. The number of halogens is 1. The number of fused-ring (bicyclic) bond motifs is 1. The Bertz CT molecular complexity index is 744. The van der Waals surface area contributed by atoms with Crippen molar-refractivity contribution in [1.82, 2.24) is 19.6 Å². The summed E-state index contributed by atoms with van der Waals surface area (Å²) in [5, 5.41) is 3.10. The summed E-state index contributed by atoms with van der Waals surface area (Å²) in [7, 11) is 0. The summed E-state index contributed by atoms with van der Waals surface area (Å²) in [6, 6.07) is 5.87. The molecule has 2 atom stereocenters. The predicted molar refractivity (Wildman–Crippen MR) is 91.1 cm³/mol. The van der Waals surface area contributed by atoms with Gasteiger partial charge in [-0.25, -0.2) is 4.98 Å². The van der Waals surface area contributed by atoms with Crippen molar-refractivity contribution >= 4 is 27.4 Å². The molecule has 0 bridgehead atoms. The van der Waals surface area contributed by atoms with Gasteiger partial charge >= 0.3 is 0 Å². The molecule has 1 N–H and O–H groups in total. The van der Waals surface area contributed by atoms with Gasteiger partial charge in [-0.05, 0) is 28.1 Å². The predicted octanol–water partition coefficient (Wildman–Crippen LogP) is 0.926. The second-order valence-corrected chi connectivity index (χ2v) is 6.77. The van der Waals surface area contributed by atoms with Crippen LogP contribution in [-0.4, -0.2) is 71.8 Å². The molecule has 24 heavy (non-hydrogen) atoms. The van der Waals surface area contributed by atoms with E-state index in [-0.39, 0.29) is 18.0 Å².